The van der Waals surface area contributed by atoms with Crippen molar-refractivity contribution in [1.29, 1.82) is 0 Å². The van der Waals surface area contributed by atoms with Gasteiger partial charge < -0.3 is 14.0 Å². The van der Waals surface area contributed by atoms with Crippen molar-refractivity contribution in [2.75, 3.05) is 7.11 Å². The molecule has 0 spiro atoms. The van der Waals surface area contributed by atoms with E-state index in [2.05, 4.69) is 4.98 Å². The minimum Gasteiger partial charge on any atom is -0.497 e. The van der Waals surface area contributed by atoms with E-state index >= 15 is 0 Å². The number of thiazole rings is 1. The van der Waals surface area contributed by atoms with Crippen LogP contribution in [0.1, 0.15) is 27.4 Å². The predicted molar refractivity (Wildman–Crippen MR) is 110 cm³/mol. The number of methoxy groups -OCH3 is 1. The lowest BCUT2D eigenvalue weighted by Crippen LogP contribution is -2.15. The summed E-state index contributed by atoms with van der Waals surface area (Å²) < 4.78 is 14.1. The normalized spacial score (nSPS) is 11.0. The lowest BCUT2D eigenvalue weighted by molar-refractivity contribution is 0.0467. The topological polar surface area (TPSA) is 74.8 Å². The van der Waals surface area contributed by atoms with E-state index in [1.54, 1.807) is 24.8 Å². The number of nitrogens with zero attached hydrogens (tertiary/aromatic N) is 3. The fraction of sp³-hybridized carbons (Fsp3) is 0.190. The SMILES string of the molecule is COc1ccc(-n2c(C)cc(C(=O)OCc3cc(=O)n4ccsc4n3)c2C)cc1. The molecule has 0 N–H and O–H groups in total. The van der Waals surface area contributed by atoms with E-state index < -0.39 is 5.97 Å². The van der Waals surface area contributed by atoms with Gasteiger partial charge in [0.25, 0.3) is 5.56 Å². The maximum atomic E-state index is 12.7. The van der Waals surface area contributed by atoms with Crippen LogP contribution in [-0.4, -0.2) is 27.0 Å². The molecule has 148 valence electrons. The summed E-state index contributed by atoms with van der Waals surface area (Å²) in [4.78, 5) is 29.7. The van der Waals surface area contributed by atoms with Gasteiger partial charge in [-0.1, -0.05) is 0 Å². The third kappa shape index (κ3) is 3.54. The number of aryl methyl sites for hydroxylation is 1. The molecule has 3 heterocycles. The fourth-order valence-corrected chi connectivity index (χ4v) is 4.02. The quantitative estimate of drug-likeness (QED) is 0.472. The first-order valence-corrected chi connectivity index (χ1v) is 9.82. The summed E-state index contributed by atoms with van der Waals surface area (Å²) in [6, 6.07) is 10.8. The predicted octanol–water partition coefficient (Wildman–Crippen LogP) is 3.53. The minimum absolute atomic E-state index is 0.0608. The Hall–Kier alpha value is -3.39. The summed E-state index contributed by atoms with van der Waals surface area (Å²) in [5, 5.41) is 1.79. The van der Waals surface area contributed by atoms with Gasteiger partial charge in [0.1, 0.15) is 12.4 Å². The average Bonchev–Trinajstić information content (AvgIpc) is 3.31. The highest BCUT2D eigenvalue weighted by Crippen LogP contribution is 2.23. The lowest BCUT2D eigenvalue weighted by atomic mass is 10.2. The summed E-state index contributed by atoms with van der Waals surface area (Å²) in [6.07, 6.45) is 1.67. The zero-order chi connectivity index (χ0) is 20.5. The number of rotatable bonds is 5. The molecule has 0 bridgehead atoms. The third-order valence-corrected chi connectivity index (χ3v) is 5.45. The van der Waals surface area contributed by atoms with Crippen LogP contribution >= 0.6 is 11.3 Å². The number of carbonyl (C=O) groups excluding carboxylic acids is 1. The van der Waals surface area contributed by atoms with E-state index in [-0.39, 0.29) is 12.2 Å². The molecule has 0 amide bonds. The first kappa shape index (κ1) is 18.9. The Labute approximate surface area is 170 Å². The summed E-state index contributed by atoms with van der Waals surface area (Å²) in [6.45, 7) is 3.74. The van der Waals surface area contributed by atoms with E-state index in [9.17, 15) is 9.59 Å². The standard InChI is InChI=1S/C21H19N3O4S/c1-13-10-18(14(2)24(13)16-4-6-17(27-3)7-5-16)20(26)28-12-15-11-19(25)23-8-9-29-21(23)22-15/h4-11H,12H2,1-3H3. The second-order valence-electron chi connectivity index (χ2n) is 6.54. The highest BCUT2D eigenvalue weighted by Gasteiger charge is 2.18. The van der Waals surface area contributed by atoms with Crippen molar-refractivity contribution in [3.05, 3.63) is 81.0 Å². The first-order chi connectivity index (χ1) is 14.0. The number of benzene rings is 1. The van der Waals surface area contributed by atoms with Crippen molar-refractivity contribution in [3.8, 4) is 11.4 Å². The summed E-state index contributed by atoms with van der Waals surface area (Å²) in [5.41, 5.74) is 3.33. The molecule has 4 rings (SSSR count). The van der Waals surface area contributed by atoms with Gasteiger partial charge in [-0.2, -0.15) is 0 Å². The van der Waals surface area contributed by atoms with Crippen LogP contribution in [0.25, 0.3) is 10.6 Å². The Kier molecular flexibility index (Phi) is 4.94. The van der Waals surface area contributed by atoms with Gasteiger partial charge in [0.15, 0.2) is 4.96 Å². The number of aromatic nitrogens is 3. The van der Waals surface area contributed by atoms with Gasteiger partial charge >= 0.3 is 5.97 Å². The average molecular weight is 409 g/mol. The minimum atomic E-state index is -0.453. The van der Waals surface area contributed by atoms with Crippen molar-refractivity contribution >= 4 is 22.3 Å². The van der Waals surface area contributed by atoms with Crippen LogP contribution in [0.15, 0.2) is 52.8 Å². The molecular formula is C21H19N3O4S. The molecule has 0 atom stereocenters. The number of carbonyl (C=O) groups is 1. The molecule has 0 aliphatic carbocycles. The summed E-state index contributed by atoms with van der Waals surface area (Å²) in [7, 11) is 1.62. The van der Waals surface area contributed by atoms with E-state index in [4.69, 9.17) is 9.47 Å². The number of hydrogen-bond donors (Lipinski definition) is 0. The monoisotopic (exact) mass is 409 g/mol. The van der Waals surface area contributed by atoms with Crippen molar-refractivity contribution in [2.24, 2.45) is 0 Å². The molecular weight excluding hydrogens is 390 g/mol. The molecule has 1 aromatic carbocycles. The third-order valence-electron chi connectivity index (χ3n) is 4.69. The number of esters is 1. The second kappa shape index (κ2) is 7.56. The van der Waals surface area contributed by atoms with E-state index in [0.29, 0.717) is 16.2 Å². The Bertz CT molecular complexity index is 1250. The van der Waals surface area contributed by atoms with Gasteiger partial charge in [0, 0.05) is 34.7 Å². The van der Waals surface area contributed by atoms with Crippen molar-refractivity contribution < 1.29 is 14.3 Å². The maximum absolute atomic E-state index is 12.7. The molecule has 3 aromatic heterocycles. The smallest absolute Gasteiger partial charge is 0.340 e. The number of hydrogen-bond acceptors (Lipinski definition) is 6. The fourth-order valence-electron chi connectivity index (χ4n) is 3.28. The highest BCUT2D eigenvalue weighted by atomic mass is 32.1. The van der Waals surface area contributed by atoms with Gasteiger partial charge in [-0.05, 0) is 44.2 Å². The molecule has 0 saturated heterocycles. The van der Waals surface area contributed by atoms with Crippen LogP contribution in [0.5, 0.6) is 5.75 Å². The van der Waals surface area contributed by atoms with Crippen LogP contribution in [0.3, 0.4) is 0 Å². The zero-order valence-corrected chi connectivity index (χ0v) is 17.0. The van der Waals surface area contributed by atoms with Gasteiger partial charge in [0.05, 0.1) is 18.4 Å². The van der Waals surface area contributed by atoms with Gasteiger partial charge in [-0.15, -0.1) is 11.3 Å². The van der Waals surface area contributed by atoms with Crippen LogP contribution < -0.4 is 10.3 Å². The molecule has 0 fully saturated rings. The van der Waals surface area contributed by atoms with Crippen LogP contribution in [0, 0.1) is 13.8 Å². The maximum Gasteiger partial charge on any atom is 0.340 e. The van der Waals surface area contributed by atoms with Crippen molar-refractivity contribution in [2.45, 2.75) is 20.5 Å². The summed E-state index contributed by atoms with van der Waals surface area (Å²) >= 11 is 1.35. The van der Waals surface area contributed by atoms with E-state index in [1.165, 1.54) is 21.8 Å². The van der Waals surface area contributed by atoms with Crippen LogP contribution in [0.2, 0.25) is 0 Å². The van der Waals surface area contributed by atoms with Crippen molar-refractivity contribution in [3.63, 3.8) is 0 Å². The van der Waals surface area contributed by atoms with Crippen LogP contribution in [-0.2, 0) is 11.3 Å². The molecule has 8 heteroatoms. The first-order valence-electron chi connectivity index (χ1n) is 8.94. The van der Waals surface area contributed by atoms with E-state index in [1.807, 2.05) is 42.7 Å². The Morgan fingerprint density at radius 1 is 1.17 bits per heavy atom. The molecule has 0 radical (unpaired) electrons. The molecule has 0 aliphatic heterocycles. The molecule has 0 unspecified atom stereocenters. The highest BCUT2D eigenvalue weighted by molar-refractivity contribution is 7.15. The Morgan fingerprint density at radius 2 is 1.93 bits per heavy atom. The second-order valence-corrected chi connectivity index (χ2v) is 7.41. The van der Waals surface area contributed by atoms with Gasteiger partial charge in [0.2, 0.25) is 0 Å². The van der Waals surface area contributed by atoms with Crippen LogP contribution in [0.4, 0.5) is 0 Å². The van der Waals surface area contributed by atoms with Gasteiger partial charge in [-0.3, -0.25) is 9.20 Å². The number of fused-ring (bicyclic) bond motifs is 1. The Balaban J connectivity index is 1.56. The van der Waals surface area contributed by atoms with Gasteiger partial charge in [-0.25, -0.2) is 9.78 Å². The molecule has 7 nitrogen and oxygen atoms in total. The largest absolute Gasteiger partial charge is 0.497 e. The number of ether oxygens (including phenoxy) is 2. The molecule has 4 aromatic rings. The lowest BCUT2D eigenvalue weighted by Gasteiger charge is -2.11. The molecule has 29 heavy (non-hydrogen) atoms. The zero-order valence-electron chi connectivity index (χ0n) is 16.2. The van der Waals surface area contributed by atoms with Crippen molar-refractivity contribution in [1.82, 2.24) is 14.0 Å². The molecule has 0 saturated carbocycles. The summed E-state index contributed by atoms with van der Waals surface area (Å²) in [5.74, 6) is 0.313. The Morgan fingerprint density at radius 3 is 2.66 bits per heavy atom. The van der Waals surface area contributed by atoms with E-state index in [0.717, 1.165) is 22.8 Å². The molecule has 0 aliphatic rings.